The lowest BCUT2D eigenvalue weighted by Gasteiger charge is -2.04. The quantitative estimate of drug-likeness (QED) is 0.840. The Hall–Kier alpha value is -1.92. The van der Waals surface area contributed by atoms with E-state index in [-0.39, 0.29) is 5.75 Å². The summed E-state index contributed by atoms with van der Waals surface area (Å²) < 4.78 is 2.04. The first kappa shape index (κ1) is 13.5. The van der Waals surface area contributed by atoms with Crippen LogP contribution in [-0.4, -0.2) is 37.0 Å². The average Bonchev–Trinajstić information content (AvgIpc) is 2.84. The number of aliphatic carboxylic acids is 1. The van der Waals surface area contributed by atoms with Crippen molar-refractivity contribution in [3.63, 3.8) is 0 Å². The topological polar surface area (TPSA) is 105 Å². The van der Waals surface area contributed by atoms with Crippen molar-refractivity contribution < 1.29 is 9.90 Å². The van der Waals surface area contributed by atoms with E-state index >= 15 is 0 Å². The molecule has 0 aliphatic carbocycles. The Labute approximate surface area is 120 Å². The number of carbonyl (C=O) groups is 1. The number of hydrogen-bond donors (Lipinski definition) is 1. The van der Waals surface area contributed by atoms with Gasteiger partial charge in [-0.05, 0) is 44.6 Å². The minimum Gasteiger partial charge on any atom is -0.481 e. The van der Waals surface area contributed by atoms with E-state index in [9.17, 15) is 4.79 Å². The molecule has 1 N–H and O–H groups in total. The Morgan fingerprint density at radius 2 is 2.37 bits per heavy atom. The van der Waals surface area contributed by atoms with Crippen molar-refractivity contribution in [2.45, 2.75) is 5.16 Å². The predicted molar refractivity (Wildman–Crippen MR) is 69.9 cm³/mol. The highest BCUT2D eigenvalue weighted by Gasteiger charge is 2.12. The summed E-state index contributed by atoms with van der Waals surface area (Å²) in [7, 11) is 0. The van der Waals surface area contributed by atoms with Gasteiger partial charge in [0.2, 0.25) is 5.16 Å². The van der Waals surface area contributed by atoms with Crippen LogP contribution in [0.4, 0.5) is 0 Å². The Bertz CT molecular complexity index is 666. The molecule has 2 rings (SSSR count). The number of hydrogen-bond acceptors (Lipinski definition) is 6. The summed E-state index contributed by atoms with van der Waals surface area (Å²) >= 11 is 4.29. The first-order chi connectivity index (χ1) is 9.11. The molecule has 0 radical (unpaired) electrons. The molecule has 0 fully saturated rings. The van der Waals surface area contributed by atoms with Gasteiger partial charge in [0.1, 0.15) is 6.07 Å². The average molecular weight is 340 g/mol. The number of nitriles is 1. The van der Waals surface area contributed by atoms with Crippen LogP contribution in [0.25, 0.3) is 5.69 Å². The molecule has 0 saturated heterocycles. The number of carboxylic acids is 1. The third-order valence-corrected chi connectivity index (χ3v) is 3.64. The summed E-state index contributed by atoms with van der Waals surface area (Å²) in [6.45, 7) is 0. The fraction of sp³-hybridized carbons (Fsp3) is 0.100. The summed E-state index contributed by atoms with van der Waals surface area (Å²) in [5.41, 5.74) is 1.14. The van der Waals surface area contributed by atoms with Crippen LogP contribution in [0.5, 0.6) is 0 Å². The number of rotatable bonds is 4. The molecule has 0 unspecified atom stereocenters. The summed E-state index contributed by atoms with van der Waals surface area (Å²) in [6.07, 6.45) is 0. The van der Waals surface area contributed by atoms with E-state index < -0.39 is 5.97 Å². The van der Waals surface area contributed by atoms with Gasteiger partial charge < -0.3 is 5.11 Å². The zero-order chi connectivity index (χ0) is 13.8. The van der Waals surface area contributed by atoms with Gasteiger partial charge >= 0.3 is 5.97 Å². The van der Waals surface area contributed by atoms with Crippen molar-refractivity contribution in [3.8, 4) is 11.8 Å². The van der Waals surface area contributed by atoms with E-state index in [1.54, 1.807) is 18.2 Å². The van der Waals surface area contributed by atoms with E-state index in [0.29, 0.717) is 20.9 Å². The van der Waals surface area contributed by atoms with Crippen molar-refractivity contribution in [2.75, 3.05) is 5.75 Å². The largest absolute Gasteiger partial charge is 0.481 e. The summed E-state index contributed by atoms with van der Waals surface area (Å²) in [5.74, 6) is -1.07. The second kappa shape index (κ2) is 5.81. The molecule has 19 heavy (non-hydrogen) atoms. The standard InChI is InChI=1S/C10H6BrN5O2S/c11-8-3-7(2-1-6(8)4-12)16-10(13-14-15-16)19-5-9(17)18/h1-3H,5H2,(H,17,18). The highest BCUT2D eigenvalue weighted by molar-refractivity contribution is 9.10. The monoisotopic (exact) mass is 339 g/mol. The number of thioether (sulfide) groups is 1. The molecule has 7 nitrogen and oxygen atoms in total. The molecule has 0 spiro atoms. The first-order valence-corrected chi connectivity index (χ1v) is 6.72. The van der Waals surface area contributed by atoms with Crippen molar-refractivity contribution in [2.24, 2.45) is 0 Å². The Kier molecular flexibility index (Phi) is 4.13. The Morgan fingerprint density at radius 1 is 1.58 bits per heavy atom. The summed E-state index contributed by atoms with van der Waals surface area (Å²) in [6, 6.07) is 7.04. The normalized spacial score (nSPS) is 10.1. The molecule has 2 aromatic rings. The fourth-order valence-corrected chi connectivity index (χ4v) is 2.35. The second-order valence-corrected chi connectivity index (χ2v) is 5.13. The van der Waals surface area contributed by atoms with Gasteiger partial charge in [0.05, 0.1) is 17.0 Å². The van der Waals surface area contributed by atoms with Crippen LogP contribution in [0.1, 0.15) is 5.56 Å². The number of aromatic nitrogens is 4. The van der Waals surface area contributed by atoms with E-state index in [1.165, 1.54) is 4.68 Å². The maximum atomic E-state index is 10.5. The summed E-state index contributed by atoms with van der Waals surface area (Å²) in [4.78, 5) is 10.5. The Balaban J connectivity index is 2.32. The van der Waals surface area contributed by atoms with Gasteiger partial charge in [0.15, 0.2) is 0 Å². The SMILES string of the molecule is N#Cc1ccc(-n2nnnc2SCC(=O)O)cc1Br. The van der Waals surface area contributed by atoms with Gasteiger partial charge in [-0.25, -0.2) is 0 Å². The maximum Gasteiger partial charge on any atom is 0.313 e. The van der Waals surface area contributed by atoms with E-state index in [0.717, 1.165) is 11.8 Å². The van der Waals surface area contributed by atoms with Gasteiger partial charge in [-0.15, -0.1) is 5.10 Å². The van der Waals surface area contributed by atoms with E-state index in [4.69, 9.17) is 10.4 Å². The highest BCUT2D eigenvalue weighted by Crippen LogP contribution is 2.23. The molecule has 1 aromatic carbocycles. The minimum atomic E-state index is -0.944. The number of carboxylic acid groups (broad SMARTS) is 1. The summed E-state index contributed by atoms with van der Waals surface area (Å²) in [5, 5.41) is 28.9. The van der Waals surface area contributed by atoms with E-state index in [2.05, 4.69) is 31.5 Å². The maximum absolute atomic E-state index is 10.5. The van der Waals surface area contributed by atoms with Crippen molar-refractivity contribution in [1.29, 1.82) is 5.26 Å². The Morgan fingerprint density at radius 3 is 3.00 bits per heavy atom. The molecule has 1 heterocycles. The van der Waals surface area contributed by atoms with Crippen LogP contribution >= 0.6 is 27.7 Å². The van der Waals surface area contributed by atoms with Crippen LogP contribution in [0, 0.1) is 11.3 Å². The fourth-order valence-electron chi connectivity index (χ4n) is 1.28. The predicted octanol–water partition coefficient (Wildman–Crippen LogP) is 1.47. The van der Waals surface area contributed by atoms with Crippen molar-refractivity contribution >= 4 is 33.7 Å². The van der Waals surface area contributed by atoms with Crippen molar-refractivity contribution in [3.05, 3.63) is 28.2 Å². The molecule has 0 atom stereocenters. The second-order valence-electron chi connectivity index (χ2n) is 3.33. The molecule has 96 valence electrons. The zero-order valence-corrected chi connectivity index (χ0v) is 11.7. The van der Waals surface area contributed by atoms with Crippen molar-refractivity contribution in [1.82, 2.24) is 20.2 Å². The van der Waals surface area contributed by atoms with Crippen LogP contribution in [0.15, 0.2) is 27.8 Å². The van der Waals surface area contributed by atoms with Gasteiger partial charge in [-0.1, -0.05) is 11.8 Å². The molecule has 0 aliphatic heterocycles. The zero-order valence-electron chi connectivity index (χ0n) is 9.32. The van der Waals surface area contributed by atoms with Crippen LogP contribution in [0.2, 0.25) is 0 Å². The number of tetrazole rings is 1. The number of benzene rings is 1. The molecular weight excluding hydrogens is 334 g/mol. The van der Waals surface area contributed by atoms with Gasteiger partial charge in [0.25, 0.3) is 0 Å². The first-order valence-electron chi connectivity index (χ1n) is 4.95. The number of halogens is 1. The van der Waals surface area contributed by atoms with Gasteiger partial charge in [-0.2, -0.15) is 9.94 Å². The van der Waals surface area contributed by atoms with Gasteiger partial charge in [-0.3, -0.25) is 4.79 Å². The highest BCUT2D eigenvalue weighted by atomic mass is 79.9. The molecule has 0 bridgehead atoms. The molecule has 0 aliphatic rings. The molecule has 0 amide bonds. The third-order valence-electron chi connectivity index (χ3n) is 2.08. The van der Waals surface area contributed by atoms with Gasteiger partial charge in [0, 0.05) is 4.47 Å². The lowest BCUT2D eigenvalue weighted by atomic mass is 10.2. The molecule has 9 heteroatoms. The molecule has 0 saturated carbocycles. The molecular formula is C10H6BrN5O2S. The minimum absolute atomic E-state index is 0.127. The van der Waals surface area contributed by atoms with Crippen LogP contribution < -0.4 is 0 Å². The van der Waals surface area contributed by atoms with Crippen LogP contribution in [0.3, 0.4) is 0 Å². The van der Waals surface area contributed by atoms with Crippen LogP contribution in [-0.2, 0) is 4.79 Å². The lowest BCUT2D eigenvalue weighted by Crippen LogP contribution is -2.03. The van der Waals surface area contributed by atoms with E-state index in [1.807, 2.05) is 6.07 Å². The molecule has 1 aromatic heterocycles. The number of nitrogens with zero attached hydrogens (tertiary/aromatic N) is 5. The third kappa shape index (κ3) is 3.10. The lowest BCUT2D eigenvalue weighted by molar-refractivity contribution is -0.133. The smallest absolute Gasteiger partial charge is 0.313 e.